The number of hydrogen-bond acceptors (Lipinski definition) is 4. The highest BCUT2D eigenvalue weighted by Gasteiger charge is 2.06. The number of anilines is 1. The smallest absolute Gasteiger partial charge is 0.338 e. The van der Waals surface area contributed by atoms with E-state index in [1.807, 2.05) is 31.2 Å². The molecule has 0 aliphatic rings. The monoisotopic (exact) mass is 339 g/mol. The summed E-state index contributed by atoms with van der Waals surface area (Å²) in [6.45, 7) is 2.33. The summed E-state index contributed by atoms with van der Waals surface area (Å²) in [5.74, 6) is 0.149. The molecule has 1 N–H and O–H groups in total. The Labute approximate surface area is 147 Å². The normalized spacial score (nSPS) is 10.5. The highest BCUT2D eigenvalue weighted by Crippen LogP contribution is 2.13. The first-order valence-electron chi connectivity index (χ1n) is 8.02. The predicted octanol–water partition coefficient (Wildman–Crippen LogP) is 3.91. The average molecular weight is 339 g/mol. The van der Waals surface area contributed by atoms with Gasteiger partial charge in [0.05, 0.1) is 19.3 Å². The molecular formula is C20H21NO4. The zero-order valence-corrected chi connectivity index (χ0v) is 14.3. The van der Waals surface area contributed by atoms with Crippen molar-refractivity contribution in [1.29, 1.82) is 0 Å². The molecule has 130 valence electrons. The summed E-state index contributed by atoms with van der Waals surface area (Å²) >= 11 is 0. The summed E-state index contributed by atoms with van der Waals surface area (Å²) < 4.78 is 10.1. The van der Waals surface area contributed by atoms with E-state index in [-0.39, 0.29) is 11.9 Å². The summed E-state index contributed by atoms with van der Waals surface area (Å²) in [5.41, 5.74) is 1.96. The number of ether oxygens (including phenoxy) is 2. The van der Waals surface area contributed by atoms with E-state index in [0.29, 0.717) is 17.9 Å². The van der Waals surface area contributed by atoms with Crippen LogP contribution in [0.1, 0.15) is 29.3 Å². The third-order valence-corrected chi connectivity index (χ3v) is 3.37. The van der Waals surface area contributed by atoms with Gasteiger partial charge in [-0.2, -0.15) is 0 Å². The van der Waals surface area contributed by atoms with Crippen molar-refractivity contribution in [3.8, 4) is 5.75 Å². The van der Waals surface area contributed by atoms with E-state index in [1.54, 1.807) is 37.5 Å². The van der Waals surface area contributed by atoms with Gasteiger partial charge in [0.15, 0.2) is 0 Å². The molecule has 25 heavy (non-hydrogen) atoms. The largest absolute Gasteiger partial charge is 0.497 e. The molecule has 0 spiro atoms. The molecule has 5 heteroatoms. The highest BCUT2D eigenvalue weighted by atomic mass is 16.5. The lowest BCUT2D eigenvalue weighted by Crippen LogP contribution is -2.09. The predicted molar refractivity (Wildman–Crippen MR) is 97.7 cm³/mol. The van der Waals surface area contributed by atoms with Crippen molar-refractivity contribution in [2.45, 2.75) is 13.3 Å². The Morgan fingerprint density at radius 2 is 1.72 bits per heavy atom. The number of carbonyl (C=O) groups is 2. The van der Waals surface area contributed by atoms with E-state index in [0.717, 1.165) is 17.7 Å². The van der Waals surface area contributed by atoms with Crippen molar-refractivity contribution in [2.75, 3.05) is 19.0 Å². The van der Waals surface area contributed by atoms with Crippen molar-refractivity contribution in [1.82, 2.24) is 0 Å². The summed E-state index contributed by atoms with van der Waals surface area (Å²) in [6, 6.07) is 14.0. The molecular weight excluding hydrogens is 318 g/mol. The van der Waals surface area contributed by atoms with Crippen LogP contribution in [0.3, 0.4) is 0 Å². The van der Waals surface area contributed by atoms with Gasteiger partial charge in [-0.25, -0.2) is 4.79 Å². The Balaban J connectivity index is 1.91. The maximum absolute atomic E-state index is 12.0. The third kappa shape index (κ3) is 5.80. The highest BCUT2D eigenvalue weighted by molar-refractivity contribution is 6.02. The van der Waals surface area contributed by atoms with Crippen molar-refractivity contribution in [2.24, 2.45) is 0 Å². The van der Waals surface area contributed by atoms with Crippen molar-refractivity contribution < 1.29 is 19.1 Å². The van der Waals surface area contributed by atoms with Crippen molar-refractivity contribution >= 4 is 23.6 Å². The van der Waals surface area contributed by atoms with Crippen LogP contribution in [0.5, 0.6) is 5.75 Å². The second-order valence-electron chi connectivity index (χ2n) is 5.31. The zero-order chi connectivity index (χ0) is 18.1. The van der Waals surface area contributed by atoms with Crippen LogP contribution in [0.4, 0.5) is 5.69 Å². The number of carbonyl (C=O) groups excluding carboxylic acids is 2. The number of hydrogen-bond donors (Lipinski definition) is 1. The van der Waals surface area contributed by atoms with Gasteiger partial charge < -0.3 is 14.8 Å². The van der Waals surface area contributed by atoms with E-state index in [9.17, 15) is 9.59 Å². The van der Waals surface area contributed by atoms with E-state index in [1.165, 1.54) is 6.08 Å². The Morgan fingerprint density at radius 1 is 1.04 bits per heavy atom. The Kier molecular flexibility index (Phi) is 6.77. The number of rotatable bonds is 7. The molecule has 0 unspecified atom stereocenters. The average Bonchev–Trinajstić information content (AvgIpc) is 2.65. The quantitative estimate of drug-likeness (QED) is 0.613. The molecule has 1 amide bonds. The fourth-order valence-electron chi connectivity index (χ4n) is 2.04. The first-order valence-corrected chi connectivity index (χ1v) is 8.02. The first-order chi connectivity index (χ1) is 12.1. The van der Waals surface area contributed by atoms with Crippen molar-refractivity contribution in [3.63, 3.8) is 0 Å². The maximum atomic E-state index is 12.0. The lowest BCUT2D eigenvalue weighted by Gasteiger charge is -2.05. The van der Waals surface area contributed by atoms with E-state index >= 15 is 0 Å². The molecule has 0 aliphatic heterocycles. The van der Waals surface area contributed by atoms with E-state index < -0.39 is 0 Å². The van der Waals surface area contributed by atoms with Crippen LogP contribution in [0.25, 0.3) is 6.08 Å². The number of methoxy groups -OCH3 is 1. The maximum Gasteiger partial charge on any atom is 0.338 e. The zero-order valence-electron chi connectivity index (χ0n) is 14.3. The van der Waals surface area contributed by atoms with Gasteiger partial charge >= 0.3 is 5.97 Å². The summed E-state index contributed by atoms with van der Waals surface area (Å²) in [7, 11) is 1.60. The Morgan fingerprint density at radius 3 is 2.32 bits per heavy atom. The second kappa shape index (κ2) is 9.27. The standard InChI is InChI=1S/C20H21NO4/c1-3-14-25-20(23)16-7-9-17(10-8-16)21-19(22)13-6-15-4-11-18(24-2)12-5-15/h4-13H,3,14H2,1-2H3,(H,21,22). The number of nitrogens with one attached hydrogen (secondary N) is 1. The lowest BCUT2D eigenvalue weighted by atomic mass is 10.2. The fourth-order valence-corrected chi connectivity index (χ4v) is 2.04. The van der Waals surface area contributed by atoms with Gasteiger partial charge in [0, 0.05) is 11.8 Å². The molecule has 0 fully saturated rings. The SMILES string of the molecule is CCCOC(=O)c1ccc(NC(=O)C=Cc2ccc(OC)cc2)cc1. The van der Waals surface area contributed by atoms with Crippen LogP contribution in [-0.2, 0) is 9.53 Å². The fraction of sp³-hybridized carbons (Fsp3) is 0.200. The molecule has 0 saturated carbocycles. The van der Waals surface area contributed by atoms with Gasteiger partial charge in [-0.15, -0.1) is 0 Å². The number of esters is 1. The Hall–Kier alpha value is -3.08. The van der Waals surface area contributed by atoms with Gasteiger partial charge in [-0.3, -0.25) is 4.79 Å². The lowest BCUT2D eigenvalue weighted by molar-refractivity contribution is -0.111. The molecule has 0 heterocycles. The molecule has 0 saturated heterocycles. The van der Waals surface area contributed by atoms with Crippen LogP contribution in [0.2, 0.25) is 0 Å². The topological polar surface area (TPSA) is 64.6 Å². The van der Waals surface area contributed by atoms with Gasteiger partial charge in [-0.05, 0) is 54.5 Å². The van der Waals surface area contributed by atoms with Crippen LogP contribution >= 0.6 is 0 Å². The molecule has 5 nitrogen and oxygen atoms in total. The number of amides is 1. The molecule has 0 radical (unpaired) electrons. The summed E-state index contributed by atoms with van der Waals surface area (Å²) in [4.78, 5) is 23.7. The minimum absolute atomic E-state index is 0.253. The molecule has 0 aliphatic carbocycles. The van der Waals surface area contributed by atoms with Crippen LogP contribution < -0.4 is 10.1 Å². The minimum atomic E-state index is -0.362. The molecule has 0 bridgehead atoms. The van der Waals surface area contributed by atoms with Gasteiger partial charge in [0.25, 0.3) is 0 Å². The van der Waals surface area contributed by atoms with Gasteiger partial charge in [0.2, 0.25) is 5.91 Å². The molecule has 2 aromatic carbocycles. The molecule has 2 aromatic rings. The molecule has 2 rings (SSSR count). The second-order valence-corrected chi connectivity index (χ2v) is 5.31. The first kappa shape index (κ1) is 18.3. The van der Waals surface area contributed by atoms with Crippen LogP contribution in [-0.4, -0.2) is 25.6 Å². The van der Waals surface area contributed by atoms with E-state index in [4.69, 9.17) is 9.47 Å². The summed E-state index contributed by atoms with van der Waals surface area (Å²) in [5, 5.41) is 2.74. The Bertz CT molecular complexity index is 733. The molecule has 0 aromatic heterocycles. The van der Waals surface area contributed by atoms with Gasteiger partial charge in [0.1, 0.15) is 5.75 Å². The molecule has 0 atom stereocenters. The summed E-state index contributed by atoms with van der Waals surface area (Å²) in [6.07, 6.45) is 3.94. The third-order valence-electron chi connectivity index (χ3n) is 3.37. The number of benzene rings is 2. The van der Waals surface area contributed by atoms with Gasteiger partial charge in [-0.1, -0.05) is 19.1 Å². The van der Waals surface area contributed by atoms with Crippen molar-refractivity contribution in [3.05, 3.63) is 65.7 Å². The minimum Gasteiger partial charge on any atom is -0.497 e. The van der Waals surface area contributed by atoms with E-state index in [2.05, 4.69) is 5.32 Å². The van der Waals surface area contributed by atoms with Crippen LogP contribution in [0, 0.1) is 0 Å². The van der Waals surface area contributed by atoms with Crippen LogP contribution in [0.15, 0.2) is 54.6 Å².